The number of nitrogens with two attached hydrogens (primary N) is 1. The molecular formula is C21H15Cl2F2N9O3. The van der Waals surface area contributed by atoms with E-state index in [0.29, 0.717) is 11.6 Å². The summed E-state index contributed by atoms with van der Waals surface area (Å²) in [4.78, 5) is 38.3. The molecule has 0 aliphatic heterocycles. The first-order chi connectivity index (χ1) is 17.6. The molecule has 5 aromatic rings. The van der Waals surface area contributed by atoms with Crippen LogP contribution in [0.5, 0.6) is 0 Å². The second-order valence-corrected chi connectivity index (χ2v) is 8.66. The number of benzene rings is 2. The molecule has 5 rings (SSSR count). The van der Waals surface area contributed by atoms with E-state index >= 15 is 0 Å². The van der Waals surface area contributed by atoms with Crippen LogP contribution in [0, 0.1) is 11.6 Å². The van der Waals surface area contributed by atoms with Gasteiger partial charge in [-0.25, -0.2) is 27.9 Å². The van der Waals surface area contributed by atoms with Crippen molar-refractivity contribution in [1.29, 1.82) is 0 Å². The maximum absolute atomic E-state index is 14.6. The molecule has 37 heavy (non-hydrogen) atoms. The van der Waals surface area contributed by atoms with E-state index in [1.54, 1.807) is 7.05 Å². The van der Waals surface area contributed by atoms with Gasteiger partial charge in [-0.1, -0.05) is 23.2 Å². The Morgan fingerprint density at radius 1 is 1.03 bits per heavy atom. The second kappa shape index (κ2) is 9.29. The summed E-state index contributed by atoms with van der Waals surface area (Å²) in [6, 6.07) is 4.43. The van der Waals surface area contributed by atoms with Crippen molar-refractivity contribution in [2.24, 2.45) is 7.05 Å². The zero-order chi connectivity index (χ0) is 26.4. The summed E-state index contributed by atoms with van der Waals surface area (Å²) in [6.07, 6.45) is 1.40. The molecule has 3 aromatic heterocycles. The predicted molar refractivity (Wildman–Crippen MR) is 130 cm³/mol. The average molecular weight is 550 g/mol. The van der Waals surface area contributed by atoms with Crippen LogP contribution in [0.4, 0.5) is 26.4 Å². The lowest BCUT2D eigenvalue weighted by Gasteiger charge is -2.16. The lowest BCUT2D eigenvalue weighted by atomic mass is 10.2. The van der Waals surface area contributed by atoms with Gasteiger partial charge in [0.05, 0.1) is 28.8 Å². The molecule has 0 aliphatic rings. The van der Waals surface area contributed by atoms with Crippen molar-refractivity contribution in [1.82, 2.24) is 33.9 Å². The van der Waals surface area contributed by atoms with E-state index in [4.69, 9.17) is 33.4 Å². The lowest BCUT2D eigenvalue weighted by Crippen LogP contribution is -2.43. The van der Waals surface area contributed by atoms with Gasteiger partial charge in [-0.05, 0) is 12.1 Å². The van der Waals surface area contributed by atoms with Crippen molar-refractivity contribution in [3.8, 4) is 0 Å². The van der Waals surface area contributed by atoms with Crippen LogP contribution in [0.15, 0.2) is 44.6 Å². The van der Waals surface area contributed by atoms with Crippen LogP contribution in [-0.2, 0) is 20.1 Å². The Bertz CT molecular complexity index is 1790. The molecule has 0 aliphatic carbocycles. The van der Waals surface area contributed by atoms with Crippen LogP contribution in [0.25, 0.3) is 11.1 Å². The minimum atomic E-state index is -0.968. The number of aromatic nitrogens is 7. The van der Waals surface area contributed by atoms with Crippen LogP contribution < -0.4 is 22.4 Å². The van der Waals surface area contributed by atoms with Crippen molar-refractivity contribution < 1.29 is 13.2 Å². The summed E-state index contributed by atoms with van der Waals surface area (Å²) in [5, 5.41) is 6.64. The molecule has 0 saturated carbocycles. The third-order valence-corrected chi connectivity index (χ3v) is 5.86. The van der Waals surface area contributed by atoms with Gasteiger partial charge in [0.25, 0.3) is 6.01 Å². The quantitative estimate of drug-likeness (QED) is 0.304. The lowest BCUT2D eigenvalue weighted by molar-refractivity contribution is 0.544. The van der Waals surface area contributed by atoms with Crippen LogP contribution in [-0.4, -0.2) is 33.9 Å². The SMILES string of the molecule is Cn1cnc(Cn2c(=O)nc(Nc3cc4oc(N)nc4cc3Cl)n(Cc3cc(Cl)c(F)cc3F)c2=O)n1. The smallest absolute Gasteiger partial charge is 0.355 e. The molecule has 0 amide bonds. The van der Waals surface area contributed by atoms with E-state index in [0.717, 1.165) is 15.2 Å². The van der Waals surface area contributed by atoms with Crippen LogP contribution in [0.3, 0.4) is 0 Å². The summed E-state index contributed by atoms with van der Waals surface area (Å²) in [5.41, 5.74) is 4.46. The normalized spacial score (nSPS) is 11.4. The topological polar surface area (TPSA) is 152 Å². The molecule has 0 bridgehead atoms. The molecule has 16 heteroatoms. The molecule has 0 radical (unpaired) electrons. The first kappa shape index (κ1) is 24.4. The van der Waals surface area contributed by atoms with E-state index in [9.17, 15) is 18.4 Å². The minimum absolute atomic E-state index is 0.0901. The summed E-state index contributed by atoms with van der Waals surface area (Å²) in [7, 11) is 1.62. The van der Waals surface area contributed by atoms with E-state index in [1.165, 1.54) is 23.1 Å². The number of hydrogen-bond donors (Lipinski definition) is 2. The average Bonchev–Trinajstić information content (AvgIpc) is 3.40. The fourth-order valence-electron chi connectivity index (χ4n) is 3.54. The molecule has 0 fully saturated rings. The van der Waals surface area contributed by atoms with Gasteiger partial charge in [0.1, 0.15) is 23.5 Å². The minimum Gasteiger partial charge on any atom is -0.424 e. The Labute approximate surface area is 214 Å². The highest BCUT2D eigenvalue weighted by Gasteiger charge is 2.19. The van der Waals surface area contributed by atoms with E-state index in [1.807, 2.05) is 0 Å². The van der Waals surface area contributed by atoms with Crippen molar-refractivity contribution >= 4 is 52.0 Å². The highest BCUT2D eigenvalue weighted by atomic mass is 35.5. The van der Waals surface area contributed by atoms with Crippen LogP contribution >= 0.6 is 23.2 Å². The molecule has 12 nitrogen and oxygen atoms in total. The fourth-order valence-corrected chi connectivity index (χ4v) is 3.93. The van der Waals surface area contributed by atoms with Gasteiger partial charge >= 0.3 is 11.4 Å². The maximum Gasteiger partial charge on any atom is 0.355 e. The molecule has 0 unspecified atom stereocenters. The summed E-state index contributed by atoms with van der Waals surface area (Å²) < 4.78 is 36.7. The van der Waals surface area contributed by atoms with Crippen LogP contribution in [0.1, 0.15) is 11.4 Å². The number of oxazole rings is 1. The van der Waals surface area contributed by atoms with Crippen molar-refractivity contribution in [2.45, 2.75) is 13.1 Å². The standard InChI is InChI=1S/C21H15Cl2F2N9O3/c1-32-8-27-17(31-32)7-34-20(35)30-19(29-14-5-16-15(3-11(14)23)28-18(26)37-16)33(21(34)36)6-9-2-10(22)13(25)4-12(9)24/h2-5,8H,6-7H2,1H3,(H2,26,28)(H,29,30,35). The van der Waals surface area contributed by atoms with Crippen molar-refractivity contribution in [3.63, 3.8) is 0 Å². The van der Waals surface area contributed by atoms with Gasteiger partial charge in [-0.15, -0.1) is 0 Å². The predicted octanol–water partition coefficient (Wildman–Crippen LogP) is 2.68. The van der Waals surface area contributed by atoms with Gasteiger partial charge in [-0.2, -0.15) is 15.1 Å². The van der Waals surface area contributed by atoms with E-state index in [-0.39, 0.29) is 51.2 Å². The van der Waals surface area contributed by atoms with Crippen LogP contribution in [0.2, 0.25) is 10.0 Å². The van der Waals surface area contributed by atoms with Gasteiger partial charge < -0.3 is 15.5 Å². The third kappa shape index (κ3) is 4.75. The van der Waals surface area contributed by atoms with Gasteiger partial charge in [0.2, 0.25) is 5.95 Å². The Kier molecular flexibility index (Phi) is 6.13. The molecule has 190 valence electrons. The Balaban J connectivity index is 1.64. The molecule has 3 N–H and O–H groups in total. The Morgan fingerprint density at radius 2 is 1.81 bits per heavy atom. The van der Waals surface area contributed by atoms with Gasteiger partial charge in [0, 0.05) is 24.7 Å². The number of nitrogens with one attached hydrogen (secondary N) is 1. The first-order valence-corrected chi connectivity index (χ1v) is 11.2. The number of aryl methyl sites for hydroxylation is 1. The molecule has 0 saturated heterocycles. The summed E-state index contributed by atoms with van der Waals surface area (Å²) in [6.45, 7) is -0.770. The fraction of sp³-hybridized carbons (Fsp3) is 0.143. The number of rotatable bonds is 6. The number of fused-ring (bicyclic) bond motifs is 1. The summed E-state index contributed by atoms with van der Waals surface area (Å²) >= 11 is 12.2. The molecule has 0 atom stereocenters. The number of nitrogen functional groups attached to an aromatic ring is 1. The van der Waals surface area contributed by atoms with Crippen molar-refractivity contribution in [3.05, 3.63) is 84.6 Å². The molecule has 0 spiro atoms. The largest absolute Gasteiger partial charge is 0.424 e. The Hall–Kier alpha value is -4.30. The molecule has 2 aromatic carbocycles. The summed E-state index contributed by atoms with van der Waals surface area (Å²) in [5.74, 6) is -2.04. The zero-order valence-electron chi connectivity index (χ0n) is 18.7. The van der Waals surface area contributed by atoms with Crippen molar-refractivity contribution in [2.75, 3.05) is 11.1 Å². The zero-order valence-corrected chi connectivity index (χ0v) is 20.3. The Morgan fingerprint density at radius 3 is 2.54 bits per heavy atom. The van der Waals surface area contributed by atoms with E-state index < -0.39 is 29.6 Å². The number of hydrogen-bond acceptors (Lipinski definition) is 9. The third-order valence-electron chi connectivity index (χ3n) is 5.25. The van der Waals surface area contributed by atoms with E-state index in [2.05, 4.69) is 25.4 Å². The number of nitrogens with zero attached hydrogens (tertiary/aromatic N) is 7. The molecular weight excluding hydrogens is 535 g/mol. The molecule has 3 heterocycles. The highest BCUT2D eigenvalue weighted by Crippen LogP contribution is 2.31. The van der Waals surface area contributed by atoms with Gasteiger partial charge in [-0.3, -0.25) is 9.25 Å². The van der Waals surface area contributed by atoms with Gasteiger partial charge in [0.15, 0.2) is 11.4 Å². The monoisotopic (exact) mass is 549 g/mol. The second-order valence-electron chi connectivity index (χ2n) is 7.84. The maximum atomic E-state index is 14.6. The number of anilines is 3. The highest BCUT2D eigenvalue weighted by molar-refractivity contribution is 6.34. The number of halogens is 4. The first-order valence-electron chi connectivity index (χ1n) is 10.4.